The van der Waals surface area contributed by atoms with Gasteiger partial charge in [0.15, 0.2) is 0 Å². The summed E-state index contributed by atoms with van der Waals surface area (Å²) < 4.78 is 25.2. The molecule has 7 heteroatoms. The minimum atomic E-state index is -1.06. The number of likely N-dealkylation sites (tertiary alicyclic amines) is 1. The molecule has 2 aromatic rings. The van der Waals surface area contributed by atoms with E-state index in [1.54, 1.807) is 24.3 Å². The highest BCUT2D eigenvalue weighted by Gasteiger charge is 2.42. The third kappa shape index (κ3) is 4.42. The van der Waals surface area contributed by atoms with Crippen molar-refractivity contribution >= 4 is 5.97 Å². The third-order valence-corrected chi connectivity index (χ3v) is 5.90. The maximum Gasteiger partial charge on any atom is 0.339 e. The lowest BCUT2D eigenvalue weighted by Crippen LogP contribution is -2.49. The van der Waals surface area contributed by atoms with Crippen molar-refractivity contribution in [3.8, 4) is 11.5 Å². The van der Waals surface area contributed by atoms with E-state index in [2.05, 4.69) is 4.90 Å². The van der Waals surface area contributed by atoms with Gasteiger partial charge in [-0.15, -0.1) is 0 Å². The van der Waals surface area contributed by atoms with Crippen LogP contribution in [0.2, 0.25) is 0 Å². The van der Waals surface area contributed by atoms with E-state index in [0.29, 0.717) is 13.0 Å². The minimum Gasteiger partial charge on any atom is -0.490 e. The Morgan fingerprint density at radius 1 is 1.27 bits per heavy atom. The van der Waals surface area contributed by atoms with E-state index in [1.165, 1.54) is 12.1 Å². The van der Waals surface area contributed by atoms with Crippen LogP contribution in [0.15, 0.2) is 36.4 Å². The summed E-state index contributed by atoms with van der Waals surface area (Å²) in [5.74, 6) is -0.262. The Balaban J connectivity index is 1.28. The van der Waals surface area contributed by atoms with Crippen LogP contribution < -0.4 is 9.47 Å². The van der Waals surface area contributed by atoms with E-state index >= 15 is 0 Å². The molecule has 0 radical (unpaired) electrons. The maximum atomic E-state index is 13.5. The van der Waals surface area contributed by atoms with Gasteiger partial charge in [-0.1, -0.05) is 6.07 Å². The number of halogens is 1. The van der Waals surface area contributed by atoms with Crippen LogP contribution in [0.3, 0.4) is 0 Å². The number of piperidine rings is 1. The van der Waals surface area contributed by atoms with Gasteiger partial charge in [-0.05, 0) is 42.8 Å². The number of hydrogen-bond donors (Lipinski definition) is 2. The van der Waals surface area contributed by atoms with Gasteiger partial charge in [0.05, 0.1) is 0 Å². The second kappa shape index (κ2) is 8.24. The zero-order valence-corrected chi connectivity index (χ0v) is 16.9. The zero-order chi connectivity index (χ0) is 21.3. The number of carboxylic acids is 1. The number of benzene rings is 2. The number of aliphatic hydroxyl groups is 1. The Labute approximate surface area is 174 Å². The summed E-state index contributed by atoms with van der Waals surface area (Å²) in [6.45, 7) is 3.84. The van der Waals surface area contributed by atoms with Gasteiger partial charge >= 0.3 is 5.97 Å². The maximum absolute atomic E-state index is 13.5. The monoisotopic (exact) mass is 415 g/mol. The van der Waals surface area contributed by atoms with Gasteiger partial charge in [-0.25, -0.2) is 9.18 Å². The summed E-state index contributed by atoms with van der Waals surface area (Å²) in [6, 6.07) is 9.56. The normalized spacial score (nSPS) is 18.6. The minimum absolute atomic E-state index is 0.0204. The predicted molar refractivity (Wildman–Crippen MR) is 109 cm³/mol. The summed E-state index contributed by atoms with van der Waals surface area (Å²) in [6.07, 6.45) is 1.58. The van der Waals surface area contributed by atoms with Crippen molar-refractivity contribution in [2.75, 3.05) is 26.2 Å². The van der Waals surface area contributed by atoms with Crippen LogP contribution in [0.5, 0.6) is 11.5 Å². The van der Waals surface area contributed by atoms with E-state index in [4.69, 9.17) is 9.47 Å². The van der Waals surface area contributed by atoms with Crippen molar-refractivity contribution in [3.05, 3.63) is 58.9 Å². The number of rotatable bonds is 6. The van der Waals surface area contributed by atoms with Gasteiger partial charge < -0.3 is 24.6 Å². The number of carboxylic acid groups (broad SMARTS) is 1. The highest BCUT2D eigenvalue weighted by Crippen LogP contribution is 2.41. The van der Waals surface area contributed by atoms with E-state index in [9.17, 15) is 19.4 Å². The number of hydrogen-bond acceptors (Lipinski definition) is 5. The Hall–Kier alpha value is -2.64. The number of β-amino-alcohol motifs (C(OH)–C–C–N with tert-alkyl or cyclic N) is 1. The molecule has 30 heavy (non-hydrogen) atoms. The van der Waals surface area contributed by atoms with Crippen LogP contribution in [0.25, 0.3) is 0 Å². The van der Waals surface area contributed by atoms with Crippen molar-refractivity contribution in [1.82, 2.24) is 4.90 Å². The molecule has 2 N–H and O–H groups in total. The van der Waals surface area contributed by atoms with E-state index < -0.39 is 12.1 Å². The molecule has 2 aliphatic rings. The first-order chi connectivity index (χ1) is 14.3. The van der Waals surface area contributed by atoms with E-state index in [-0.39, 0.29) is 29.3 Å². The molecule has 1 atom stereocenters. The lowest BCUT2D eigenvalue weighted by molar-refractivity contribution is -0.00203. The second-order valence-corrected chi connectivity index (χ2v) is 8.28. The molecule has 1 saturated heterocycles. The fourth-order valence-electron chi connectivity index (χ4n) is 4.29. The summed E-state index contributed by atoms with van der Waals surface area (Å²) >= 11 is 0. The van der Waals surface area contributed by atoms with Gasteiger partial charge in [0, 0.05) is 44.5 Å². The predicted octanol–water partition coefficient (Wildman–Crippen LogP) is 3.04. The molecule has 1 fully saturated rings. The number of aryl methyl sites for hydroxylation is 1. The number of nitrogens with zero attached hydrogens (tertiary/aromatic N) is 1. The Morgan fingerprint density at radius 2 is 2.03 bits per heavy atom. The molecule has 160 valence electrons. The van der Waals surface area contributed by atoms with Crippen molar-refractivity contribution < 1.29 is 28.9 Å². The molecule has 0 bridgehead atoms. The number of fused-ring (bicyclic) bond motifs is 1. The van der Waals surface area contributed by atoms with Crippen molar-refractivity contribution in [2.45, 2.75) is 37.9 Å². The van der Waals surface area contributed by atoms with Crippen molar-refractivity contribution in [3.63, 3.8) is 0 Å². The molecule has 0 saturated carbocycles. The van der Waals surface area contributed by atoms with Crippen molar-refractivity contribution in [1.29, 1.82) is 0 Å². The molecule has 0 aromatic heterocycles. The summed E-state index contributed by atoms with van der Waals surface area (Å²) in [7, 11) is 0. The molecule has 2 aliphatic heterocycles. The largest absolute Gasteiger partial charge is 0.490 e. The lowest BCUT2D eigenvalue weighted by Gasteiger charge is -2.39. The fourth-order valence-corrected chi connectivity index (χ4v) is 4.29. The van der Waals surface area contributed by atoms with Crippen LogP contribution in [0.4, 0.5) is 4.39 Å². The topological polar surface area (TPSA) is 79.2 Å². The smallest absolute Gasteiger partial charge is 0.339 e. The van der Waals surface area contributed by atoms with Crippen LogP contribution >= 0.6 is 0 Å². The Morgan fingerprint density at radius 3 is 2.77 bits per heavy atom. The first-order valence-electron chi connectivity index (χ1n) is 10.2. The third-order valence-electron chi connectivity index (χ3n) is 5.90. The molecule has 0 aliphatic carbocycles. The highest BCUT2D eigenvalue weighted by molar-refractivity contribution is 5.90. The number of aliphatic hydroxyl groups excluding tert-OH is 1. The lowest BCUT2D eigenvalue weighted by atomic mass is 9.87. The Bertz CT molecular complexity index is 939. The molecule has 2 heterocycles. The van der Waals surface area contributed by atoms with E-state index in [0.717, 1.165) is 42.8 Å². The molecule has 6 nitrogen and oxygen atoms in total. The van der Waals surface area contributed by atoms with Gasteiger partial charge in [0.1, 0.15) is 41.2 Å². The van der Waals surface area contributed by atoms with E-state index in [1.807, 2.05) is 6.92 Å². The Kier molecular flexibility index (Phi) is 5.66. The summed E-state index contributed by atoms with van der Waals surface area (Å²) in [5.41, 5.74) is 1.61. The van der Waals surface area contributed by atoms with Crippen LogP contribution in [-0.2, 0) is 6.42 Å². The summed E-state index contributed by atoms with van der Waals surface area (Å²) in [4.78, 5) is 13.5. The number of aromatic carboxylic acids is 1. The molecule has 4 rings (SSSR count). The van der Waals surface area contributed by atoms with Gasteiger partial charge in [-0.2, -0.15) is 0 Å². The van der Waals surface area contributed by atoms with Crippen LogP contribution in [0, 0.1) is 12.7 Å². The second-order valence-electron chi connectivity index (χ2n) is 8.28. The SMILES string of the molecule is Cc1ccc(C(=O)O)c(OC[C@H](O)CN2CCC3(CC2)Cc2cc(F)ccc2O3)c1. The number of ether oxygens (including phenoxy) is 2. The first-order valence-corrected chi connectivity index (χ1v) is 10.2. The number of carbonyl (C=O) groups is 1. The molecule has 1 spiro atoms. The zero-order valence-electron chi connectivity index (χ0n) is 16.9. The first kappa shape index (κ1) is 20.6. The van der Waals surface area contributed by atoms with Gasteiger partial charge in [0.2, 0.25) is 0 Å². The van der Waals surface area contributed by atoms with Gasteiger partial charge in [0.25, 0.3) is 0 Å². The molecular formula is C23H26FNO5. The average Bonchev–Trinajstić information content (AvgIpc) is 3.05. The highest BCUT2D eigenvalue weighted by atomic mass is 19.1. The standard InChI is InChI=1S/C23H26FNO5/c1-15-2-4-19(22(27)28)21(10-15)29-14-18(26)13-25-8-6-23(7-9-25)12-16-11-17(24)3-5-20(16)30-23/h2-5,10-11,18,26H,6-9,12-14H2,1H3,(H,27,28)/t18-/m1/s1. The fraction of sp³-hybridized carbons (Fsp3) is 0.435. The van der Waals surface area contributed by atoms with Gasteiger partial charge in [-0.3, -0.25) is 0 Å². The summed E-state index contributed by atoms with van der Waals surface area (Å²) in [5, 5.41) is 19.7. The van der Waals surface area contributed by atoms with Crippen molar-refractivity contribution in [2.24, 2.45) is 0 Å². The molecule has 0 amide bonds. The molecule has 0 unspecified atom stereocenters. The molecule has 2 aromatic carbocycles. The molecular weight excluding hydrogens is 389 g/mol. The van der Waals surface area contributed by atoms with Crippen LogP contribution in [0.1, 0.15) is 34.3 Å². The average molecular weight is 415 g/mol. The quantitative estimate of drug-likeness (QED) is 0.755. The van der Waals surface area contributed by atoms with Crippen LogP contribution in [-0.4, -0.2) is 59.0 Å².